The number of hydrogen-bond donors (Lipinski definition) is 1. The maximum absolute atomic E-state index is 9.75. The molecular formula is C17H27NO. The van der Waals surface area contributed by atoms with Crippen molar-refractivity contribution in [3.8, 4) is 0 Å². The van der Waals surface area contributed by atoms with Crippen LogP contribution in [0.4, 0.5) is 0 Å². The van der Waals surface area contributed by atoms with Gasteiger partial charge in [0, 0.05) is 0 Å². The van der Waals surface area contributed by atoms with Crippen LogP contribution in [0.2, 0.25) is 0 Å². The smallest absolute Gasteiger partial charge is 0.0628 e. The fourth-order valence-corrected chi connectivity index (χ4v) is 2.98. The van der Waals surface area contributed by atoms with Crippen LogP contribution in [0.25, 0.3) is 0 Å². The highest BCUT2D eigenvalue weighted by Gasteiger charge is 2.24. The van der Waals surface area contributed by atoms with Gasteiger partial charge < -0.3 is 5.11 Å². The minimum Gasteiger partial charge on any atom is -0.394 e. The third-order valence-corrected chi connectivity index (χ3v) is 4.25. The summed E-state index contributed by atoms with van der Waals surface area (Å²) in [5.41, 5.74) is 4.15. The van der Waals surface area contributed by atoms with Crippen molar-refractivity contribution >= 4 is 0 Å². The van der Waals surface area contributed by atoms with Crippen molar-refractivity contribution in [1.82, 2.24) is 4.90 Å². The van der Waals surface area contributed by atoms with E-state index in [-0.39, 0.29) is 18.1 Å². The fraction of sp³-hybridized carbons (Fsp3) is 0.647. The van der Waals surface area contributed by atoms with E-state index < -0.39 is 0 Å². The van der Waals surface area contributed by atoms with Crippen molar-refractivity contribution in [2.45, 2.75) is 52.0 Å². The minimum absolute atomic E-state index is 0.177. The maximum atomic E-state index is 9.75. The van der Waals surface area contributed by atoms with Crippen LogP contribution in [0.5, 0.6) is 0 Å². The highest BCUT2D eigenvalue weighted by atomic mass is 16.3. The predicted octanol–water partition coefficient (Wildman–Crippen LogP) is 3.42. The molecule has 0 radical (unpaired) electrons. The standard InChI is InChI=1S/C17H27NO/c1-13-11-14(17(2,3)4)7-8-15(13)16(12-19)18-9-5-6-10-18/h7-8,11,16,19H,5-6,9-10,12H2,1-4H3. The summed E-state index contributed by atoms with van der Waals surface area (Å²) in [5.74, 6) is 0. The molecule has 1 fully saturated rings. The summed E-state index contributed by atoms with van der Waals surface area (Å²) >= 11 is 0. The number of likely N-dealkylation sites (tertiary alicyclic amines) is 1. The molecule has 106 valence electrons. The van der Waals surface area contributed by atoms with Crippen LogP contribution in [0.1, 0.15) is 56.3 Å². The van der Waals surface area contributed by atoms with Gasteiger partial charge in [-0.05, 0) is 55.0 Å². The molecule has 0 aromatic heterocycles. The Labute approximate surface area is 117 Å². The number of nitrogens with zero attached hydrogens (tertiary/aromatic N) is 1. The molecule has 1 N–H and O–H groups in total. The average molecular weight is 261 g/mol. The number of aryl methyl sites for hydroxylation is 1. The largest absolute Gasteiger partial charge is 0.394 e. The first-order valence-electron chi connectivity index (χ1n) is 7.39. The quantitative estimate of drug-likeness (QED) is 0.901. The van der Waals surface area contributed by atoms with Gasteiger partial charge in [-0.1, -0.05) is 39.0 Å². The van der Waals surface area contributed by atoms with Crippen LogP contribution in [-0.2, 0) is 5.41 Å². The van der Waals surface area contributed by atoms with E-state index in [1.54, 1.807) is 0 Å². The molecule has 1 atom stereocenters. The number of benzene rings is 1. The van der Waals surface area contributed by atoms with Gasteiger partial charge >= 0.3 is 0 Å². The van der Waals surface area contributed by atoms with Crippen molar-refractivity contribution in [3.05, 3.63) is 34.9 Å². The molecule has 1 aromatic carbocycles. The predicted molar refractivity (Wildman–Crippen MR) is 80.5 cm³/mol. The Morgan fingerprint density at radius 1 is 1.21 bits per heavy atom. The summed E-state index contributed by atoms with van der Waals surface area (Å²) < 4.78 is 0. The minimum atomic E-state index is 0.177. The molecule has 1 saturated heterocycles. The van der Waals surface area contributed by atoms with Gasteiger partial charge in [0.1, 0.15) is 0 Å². The molecule has 1 aromatic rings. The van der Waals surface area contributed by atoms with Gasteiger partial charge in [0.2, 0.25) is 0 Å². The molecule has 0 spiro atoms. The molecule has 1 aliphatic rings. The Balaban J connectivity index is 2.28. The second-order valence-electron chi connectivity index (χ2n) is 6.76. The van der Waals surface area contributed by atoms with Gasteiger partial charge in [-0.25, -0.2) is 0 Å². The lowest BCUT2D eigenvalue weighted by Gasteiger charge is -2.29. The van der Waals surface area contributed by atoms with Crippen LogP contribution >= 0.6 is 0 Å². The molecule has 2 nitrogen and oxygen atoms in total. The number of rotatable bonds is 3. The van der Waals surface area contributed by atoms with E-state index in [4.69, 9.17) is 0 Å². The first kappa shape index (κ1) is 14.5. The lowest BCUT2D eigenvalue weighted by Crippen LogP contribution is -2.29. The van der Waals surface area contributed by atoms with Crippen molar-refractivity contribution < 1.29 is 5.11 Å². The van der Waals surface area contributed by atoms with E-state index in [0.29, 0.717) is 0 Å². The van der Waals surface area contributed by atoms with E-state index in [1.165, 1.54) is 29.5 Å². The van der Waals surface area contributed by atoms with Gasteiger partial charge in [-0.3, -0.25) is 4.90 Å². The normalized spacial score (nSPS) is 18.8. The van der Waals surface area contributed by atoms with Gasteiger partial charge in [0.15, 0.2) is 0 Å². The monoisotopic (exact) mass is 261 g/mol. The van der Waals surface area contributed by atoms with Crippen LogP contribution < -0.4 is 0 Å². The highest BCUT2D eigenvalue weighted by Crippen LogP contribution is 2.30. The molecule has 1 unspecified atom stereocenters. The first-order valence-corrected chi connectivity index (χ1v) is 7.39. The van der Waals surface area contributed by atoms with Crippen molar-refractivity contribution in [2.24, 2.45) is 0 Å². The summed E-state index contributed by atoms with van der Waals surface area (Å²) in [5, 5.41) is 9.75. The Bertz CT molecular complexity index is 427. The summed E-state index contributed by atoms with van der Waals surface area (Å²) in [6.45, 7) is 11.3. The molecule has 2 rings (SSSR count). The molecule has 1 heterocycles. The van der Waals surface area contributed by atoms with Crippen molar-refractivity contribution in [3.63, 3.8) is 0 Å². The molecule has 0 amide bonds. The van der Waals surface area contributed by atoms with Gasteiger partial charge in [-0.2, -0.15) is 0 Å². The maximum Gasteiger partial charge on any atom is 0.0628 e. The molecule has 0 aliphatic carbocycles. The van der Waals surface area contributed by atoms with Gasteiger partial charge in [0.25, 0.3) is 0 Å². The van der Waals surface area contributed by atoms with Crippen molar-refractivity contribution in [1.29, 1.82) is 0 Å². The Morgan fingerprint density at radius 2 is 1.84 bits per heavy atom. The van der Waals surface area contributed by atoms with E-state index in [9.17, 15) is 5.11 Å². The van der Waals surface area contributed by atoms with E-state index in [0.717, 1.165) is 13.1 Å². The SMILES string of the molecule is Cc1cc(C(C)(C)C)ccc1C(CO)N1CCCC1. The zero-order chi connectivity index (χ0) is 14.0. The number of aliphatic hydroxyl groups excluding tert-OH is 1. The molecule has 2 heteroatoms. The third-order valence-electron chi connectivity index (χ3n) is 4.25. The number of aliphatic hydroxyl groups is 1. The van der Waals surface area contributed by atoms with E-state index in [2.05, 4.69) is 50.8 Å². The number of hydrogen-bond acceptors (Lipinski definition) is 2. The second-order valence-corrected chi connectivity index (χ2v) is 6.76. The van der Waals surface area contributed by atoms with Crippen LogP contribution in [-0.4, -0.2) is 29.7 Å². The van der Waals surface area contributed by atoms with Crippen molar-refractivity contribution in [2.75, 3.05) is 19.7 Å². The van der Waals surface area contributed by atoms with Crippen LogP contribution in [0.15, 0.2) is 18.2 Å². The first-order chi connectivity index (χ1) is 8.93. The van der Waals surface area contributed by atoms with Crippen LogP contribution in [0, 0.1) is 6.92 Å². The molecule has 0 saturated carbocycles. The Kier molecular flexibility index (Phi) is 4.32. The summed E-state index contributed by atoms with van der Waals surface area (Å²) in [6.07, 6.45) is 2.52. The van der Waals surface area contributed by atoms with E-state index in [1.807, 2.05) is 0 Å². The third kappa shape index (κ3) is 3.18. The molecule has 0 bridgehead atoms. The molecular weight excluding hydrogens is 234 g/mol. The Morgan fingerprint density at radius 3 is 2.32 bits per heavy atom. The second kappa shape index (κ2) is 5.64. The topological polar surface area (TPSA) is 23.5 Å². The fourth-order valence-electron chi connectivity index (χ4n) is 2.98. The zero-order valence-corrected chi connectivity index (χ0v) is 12.7. The van der Waals surface area contributed by atoms with Crippen LogP contribution in [0.3, 0.4) is 0 Å². The van der Waals surface area contributed by atoms with Gasteiger partial charge in [-0.15, -0.1) is 0 Å². The lowest BCUT2D eigenvalue weighted by atomic mass is 9.84. The van der Waals surface area contributed by atoms with E-state index >= 15 is 0 Å². The molecule has 1 aliphatic heterocycles. The van der Waals surface area contributed by atoms with Gasteiger partial charge in [0.05, 0.1) is 12.6 Å². The highest BCUT2D eigenvalue weighted by molar-refractivity contribution is 5.36. The average Bonchev–Trinajstić information content (AvgIpc) is 2.84. The summed E-state index contributed by atoms with van der Waals surface area (Å²) in [7, 11) is 0. The zero-order valence-electron chi connectivity index (χ0n) is 12.7. The Hall–Kier alpha value is -0.860. The lowest BCUT2D eigenvalue weighted by molar-refractivity contribution is 0.146. The molecule has 19 heavy (non-hydrogen) atoms. The summed E-state index contributed by atoms with van der Waals surface area (Å²) in [4.78, 5) is 2.42. The summed E-state index contributed by atoms with van der Waals surface area (Å²) in [6, 6.07) is 6.90.